The van der Waals surface area contributed by atoms with Crippen LogP contribution >= 0.6 is 11.6 Å². The van der Waals surface area contributed by atoms with E-state index < -0.39 is 0 Å². The van der Waals surface area contributed by atoms with Crippen LogP contribution in [0.25, 0.3) is 0 Å². The number of rotatable bonds is 2. The van der Waals surface area contributed by atoms with E-state index in [0.29, 0.717) is 17.0 Å². The predicted octanol–water partition coefficient (Wildman–Crippen LogP) is 2.98. The summed E-state index contributed by atoms with van der Waals surface area (Å²) in [7, 11) is 0. The zero-order valence-electron chi connectivity index (χ0n) is 11.4. The highest BCUT2D eigenvalue weighted by atomic mass is 35.5. The van der Waals surface area contributed by atoms with Gasteiger partial charge in [-0.25, -0.2) is 4.98 Å². The Bertz CT molecular complexity index is 494. The third kappa shape index (κ3) is 3.13. The standard InChI is InChI=1S/C15H20ClN3O/c16-13-6-3-7-14(18-13)19-15(20)12-9-8-10-4-1-2-5-11(10)17-12/h3,6-7,10-12,17H,1-2,4-5,8-9H2,(H,18,19,20). The summed E-state index contributed by atoms with van der Waals surface area (Å²) < 4.78 is 0. The molecule has 0 bridgehead atoms. The first kappa shape index (κ1) is 13.8. The lowest BCUT2D eigenvalue weighted by Gasteiger charge is -2.39. The molecule has 1 amide bonds. The molecule has 1 aliphatic carbocycles. The van der Waals surface area contributed by atoms with Crippen molar-refractivity contribution in [3.05, 3.63) is 23.4 Å². The first-order valence-corrected chi connectivity index (χ1v) is 7.79. The Morgan fingerprint density at radius 1 is 1.25 bits per heavy atom. The number of anilines is 1. The SMILES string of the molecule is O=C(Nc1cccc(Cl)n1)C1CCC2CCCCC2N1. The number of carbonyl (C=O) groups excluding carboxylic acids is 1. The fraction of sp³-hybridized carbons (Fsp3) is 0.600. The average Bonchev–Trinajstić information content (AvgIpc) is 2.47. The van der Waals surface area contributed by atoms with Crippen LogP contribution < -0.4 is 10.6 Å². The molecule has 1 aromatic rings. The van der Waals surface area contributed by atoms with Gasteiger partial charge in [0, 0.05) is 6.04 Å². The van der Waals surface area contributed by atoms with E-state index in [1.54, 1.807) is 18.2 Å². The largest absolute Gasteiger partial charge is 0.309 e. The summed E-state index contributed by atoms with van der Waals surface area (Å²) in [5, 5.41) is 6.76. The van der Waals surface area contributed by atoms with Gasteiger partial charge in [0.25, 0.3) is 0 Å². The van der Waals surface area contributed by atoms with E-state index in [1.165, 1.54) is 25.7 Å². The summed E-state index contributed by atoms with van der Waals surface area (Å²) in [4.78, 5) is 16.4. The molecule has 0 radical (unpaired) electrons. The van der Waals surface area contributed by atoms with E-state index in [9.17, 15) is 4.79 Å². The highest BCUT2D eigenvalue weighted by Crippen LogP contribution is 2.32. The fourth-order valence-corrected chi connectivity index (χ4v) is 3.56. The molecule has 1 saturated heterocycles. The summed E-state index contributed by atoms with van der Waals surface area (Å²) in [5.74, 6) is 1.29. The molecule has 2 N–H and O–H groups in total. The topological polar surface area (TPSA) is 54.0 Å². The first-order valence-electron chi connectivity index (χ1n) is 7.42. The van der Waals surface area contributed by atoms with Crippen LogP contribution in [0.5, 0.6) is 0 Å². The quantitative estimate of drug-likeness (QED) is 0.824. The Morgan fingerprint density at radius 3 is 2.95 bits per heavy atom. The van der Waals surface area contributed by atoms with Crippen molar-refractivity contribution in [3.8, 4) is 0 Å². The lowest BCUT2D eigenvalue weighted by atomic mass is 9.77. The number of amides is 1. The van der Waals surface area contributed by atoms with Crippen LogP contribution in [0, 0.1) is 5.92 Å². The van der Waals surface area contributed by atoms with E-state index in [1.807, 2.05) is 0 Å². The maximum atomic E-state index is 12.3. The third-order valence-electron chi connectivity index (χ3n) is 4.43. The van der Waals surface area contributed by atoms with Crippen molar-refractivity contribution in [3.63, 3.8) is 0 Å². The summed E-state index contributed by atoms with van der Waals surface area (Å²) in [5.41, 5.74) is 0. The van der Waals surface area contributed by atoms with Crippen LogP contribution in [0.1, 0.15) is 38.5 Å². The Labute approximate surface area is 124 Å². The minimum atomic E-state index is -0.102. The fourth-order valence-electron chi connectivity index (χ4n) is 3.39. The molecule has 108 valence electrons. The number of hydrogen-bond acceptors (Lipinski definition) is 3. The number of halogens is 1. The monoisotopic (exact) mass is 293 g/mol. The van der Waals surface area contributed by atoms with Gasteiger partial charge in [-0.05, 0) is 43.7 Å². The Hall–Kier alpha value is -1.13. The highest BCUT2D eigenvalue weighted by Gasteiger charge is 2.34. The number of piperidine rings is 1. The van der Waals surface area contributed by atoms with E-state index in [0.717, 1.165) is 18.8 Å². The van der Waals surface area contributed by atoms with Crippen molar-refractivity contribution in [1.29, 1.82) is 0 Å². The lowest BCUT2D eigenvalue weighted by Crippen LogP contribution is -2.53. The molecule has 2 fully saturated rings. The second kappa shape index (κ2) is 6.10. The number of fused-ring (bicyclic) bond motifs is 1. The molecule has 1 aromatic heterocycles. The molecular weight excluding hydrogens is 274 g/mol. The summed E-state index contributed by atoms with van der Waals surface area (Å²) >= 11 is 5.83. The van der Waals surface area contributed by atoms with Crippen LogP contribution in [0.2, 0.25) is 5.15 Å². The van der Waals surface area contributed by atoms with Gasteiger partial charge in [-0.15, -0.1) is 0 Å². The van der Waals surface area contributed by atoms with Crippen LogP contribution in [0.4, 0.5) is 5.82 Å². The number of nitrogens with zero attached hydrogens (tertiary/aromatic N) is 1. The number of nitrogens with one attached hydrogen (secondary N) is 2. The smallest absolute Gasteiger partial charge is 0.242 e. The van der Waals surface area contributed by atoms with Gasteiger partial charge in [-0.1, -0.05) is 30.5 Å². The van der Waals surface area contributed by atoms with Crippen molar-refractivity contribution < 1.29 is 4.79 Å². The second-order valence-corrected chi connectivity index (χ2v) is 6.17. The van der Waals surface area contributed by atoms with Gasteiger partial charge >= 0.3 is 0 Å². The average molecular weight is 294 g/mol. The predicted molar refractivity (Wildman–Crippen MR) is 79.8 cm³/mol. The molecule has 0 aromatic carbocycles. The number of carbonyl (C=O) groups is 1. The van der Waals surface area contributed by atoms with Gasteiger partial charge in [-0.2, -0.15) is 0 Å². The van der Waals surface area contributed by atoms with Crippen LogP contribution in [-0.4, -0.2) is 23.0 Å². The molecule has 0 spiro atoms. The molecule has 1 saturated carbocycles. The minimum Gasteiger partial charge on any atom is -0.309 e. The Balaban J connectivity index is 1.60. The van der Waals surface area contributed by atoms with Gasteiger partial charge in [0.1, 0.15) is 11.0 Å². The van der Waals surface area contributed by atoms with Crippen molar-refractivity contribution >= 4 is 23.3 Å². The van der Waals surface area contributed by atoms with Gasteiger partial charge < -0.3 is 10.6 Å². The van der Waals surface area contributed by atoms with Crippen LogP contribution in [-0.2, 0) is 4.79 Å². The van der Waals surface area contributed by atoms with E-state index in [4.69, 9.17) is 11.6 Å². The Kier molecular flexibility index (Phi) is 4.22. The molecule has 3 unspecified atom stereocenters. The first-order chi connectivity index (χ1) is 9.72. The highest BCUT2D eigenvalue weighted by molar-refractivity contribution is 6.29. The van der Waals surface area contributed by atoms with Gasteiger partial charge in [0.05, 0.1) is 6.04 Å². The van der Waals surface area contributed by atoms with E-state index in [-0.39, 0.29) is 11.9 Å². The number of hydrogen-bond donors (Lipinski definition) is 2. The van der Waals surface area contributed by atoms with Crippen LogP contribution in [0.3, 0.4) is 0 Å². The summed E-state index contributed by atoms with van der Waals surface area (Å²) in [6.45, 7) is 0. The number of aromatic nitrogens is 1. The zero-order valence-corrected chi connectivity index (χ0v) is 12.2. The Morgan fingerprint density at radius 2 is 2.10 bits per heavy atom. The van der Waals surface area contributed by atoms with E-state index in [2.05, 4.69) is 15.6 Å². The molecule has 20 heavy (non-hydrogen) atoms. The number of pyridine rings is 1. The molecular formula is C15H20ClN3O. The van der Waals surface area contributed by atoms with Gasteiger partial charge in [-0.3, -0.25) is 4.79 Å². The van der Waals surface area contributed by atoms with Gasteiger partial charge in [0.15, 0.2) is 0 Å². The van der Waals surface area contributed by atoms with Gasteiger partial charge in [0.2, 0.25) is 5.91 Å². The molecule has 3 rings (SSSR count). The zero-order chi connectivity index (χ0) is 13.9. The van der Waals surface area contributed by atoms with Crippen molar-refractivity contribution in [2.24, 2.45) is 5.92 Å². The molecule has 1 aliphatic heterocycles. The molecule has 4 nitrogen and oxygen atoms in total. The maximum absolute atomic E-state index is 12.3. The van der Waals surface area contributed by atoms with Crippen molar-refractivity contribution in [1.82, 2.24) is 10.3 Å². The molecule has 5 heteroatoms. The minimum absolute atomic E-state index is 0.00351. The molecule has 2 aliphatic rings. The van der Waals surface area contributed by atoms with Crippen molar-refractivity contribution in [2.45, 2.75) is 50.6 Å². The summed E-state index contributed by atoms with van der Waals surface area (Å²) in [6, 6.07) is 5.66. The van der Waals surface area contributed by atoms with Crippen molar-refractivity contribution in [2.75, 3.05) is 5.32 Å². The lowest BCUT2D eigenvalue weighted by molar-refractivity contribution is -0.119. The van der Waals surface area contributed by atoms with E-state index >= 15 is 0 Å². The molecule has 3 atom stereocenters. The maximum Gasteiger partial charge on any atom is 0.242 e. The normalized spacial score (nSPS) is 29.6. The third-order valence-corrected chi connectivity index (χ3v) is 4.64. The molecule has 2 heterocycles. The second-order valence-electron chi connectivity index (χ2n) is 5.78. The van der Waals surface area contributed by atoms with Crippen LogP contribution in [0.15, 0.2) is 18.2 Å². The summed E-state index contributed by atoms with van der Waals surface area (Å²) in [6.07, 6.45) is 7.18.